The van der Waals surface area contributed by atoms with E-state index in [1.54, 1.807) is 23.6 Å². The summed E-state index contributed by atoms with van der Waals surface area (Å²) in [6, 6.07) is 4.99. The molecule has 1 aromatic heterocycles. The molecule has 0 aliphatic heterocycles. The predicted octanol–water partition coefficient (Wildman–Crippen LogP) is 3.28. The average Bonchev–Trinajstić information content (AvgIpc) is 2.72. The third-order valence-electron chi connectivity index (χ3n) is 1.95. The minimum Gasteiger partial charge on any atom is -0.375 e. The van der Waals surface area contributed by atoms with Crippen LogP contribution in [0.1, 0.15) is 10.5 Å². The first-order valence-electron chi connectivity index (χ1n) is 4.54. The number of nitrogens with one attached hydrogen (secondary N) is 1. The van der Waals surface area contributed by atoms with Crippen molar-refractivity contribution in [3.05, 3.63) is 39.3 Å². The maximum absolute atomic E-state index is 11.8. The van der Waals surface area contributed by atoms with E-state index < -0.39 is 0 Å². The lowest BCUT2D eigenvalue weighted by Crippen LogP contribution is -2.12. The van der Waals surface area contributed by atoms with Crippen LogP contribution in [-0.2, 0) is 0 Å². The average molecular weight is 288 g/mol. The normalized spacial score (nSPS) is 10.2. The van der Waals surface area contributed by atoms with Crippen molar-refractivity contribution < 1.29 is 4.79 Å². The number of benzene rings is 1. The van der Waals surface area contributed by atoms with Gasteiger partial charge in [-0.3, -0.25) is 4.79 Å². The van der Waals surface area contributed by atoms with E-state index in [4.69, 9.17) is 28.9 Å². The molecule has 7 heteroatoms. The van der Waals surface area contributed by atoms with Gasteiger partial charge in [-0.1, -0.05) is 29.3 Å². The lowest BCUT2D eigenvalue weighted by molar-refractivity contribution is 0.102. The molecule has 1 amide bonds. The molecule has 3 N–H and O–H groups in total. The zero-order valence-corrected chi connectivity index (χ0v) is 10.7. The molecular weight excluding hydrogens is 281 g/mol. The van der Waals surface area contributed by atoms with Gasteiger partial charge in [0.05, 0.1) is 15.7 Å². The number of halogens is 2. The number of anilines is 2. The van der Waals surface area contributed by atoms with Gasteiger partial charge in [0.1, 0.15) is 5.69 Å². The van der Waals surface area contributed by atoms with Crippen molar-refractivity contribution in [3.8, 4) is 0 Å². The Balaban J connectivity index is 2.21. The van der Waals surface area contributed by atoms with Crippen LogP contribution in [0.25, 0.3) is 0 Å². The maximum atomic E-state index is 11.8. The molecule has 0 aliphatic rings. The van der Waals surface area contributed by atoms with Crippen molar-refractivity contribution in [2.45, 2.75) is 0 Å². The van der Waals surface area contributed by atoms with Crippen molar-refractivity contribution in [1.82, 2.24) is 4.98 Å². The van der Waals surface area contributed by atoms with Crippen molar-refractivity contribution in [2.75, 3.05) is 11.1 Å². The SMILES string of the molecule is Nc1nc(C(=O)Nc2cccc(Cl)c2Cl)cs1. The fraction of sp³-hybridized carbons (Fsp3) is 0. The first kappa shape index (κ1) is 12.2. The van der Waals surface area contributed by atoms with E-state index >= 15 is 0 Å². The van der Waals surface area contributed by atoms with Gasteiger partial charge in [0, 0.05) is 5.38 Å². The van der Waals surface area contributed by atoms with E-state index in [2.05, 4.69) is 10.3 Å². The van der Waals surface area contributed by atoms with Gasteiger partial charge in [0.25, 0.3) is 5.91 Å². The van der Waals surface area contributed by atoms with Gasteiger partial charge >= 0.3 is 0 Å². The summed E-state index contributed by atoms with van der Waals surface area (Å²) in [6.45, 7) is 0. The third-order valence-corrected chi connectivity index (χ3v) is 3.45. The molecule has 0 saturated heterocycles. The molecule has 1 heterocycles. The molecule has 17 heavy (non-hydrogen) atoms. The lowest BCUT2D eigenvalue weighted by Gasteiger charge is -2.06. The van der Waals surface area contributed by atoms with Gasteiger partial charge in [-0.15, -0.1) is 11.3 Å². The number of thiazole rings is 1. The smallest absolute Gasteiger partial charge is 0.275 e. The standard InChI is InChI=1S/C10H7Cl2N3OS/c11-5-2-1-3-6(8(5)12)14-9(16)7-4-17-10(13)15-7/h1-4H,(H2,13,15)(H,14,16). The Morgan fingerprint density at radius 1 is 1.41 bits per heavy atom. The van der Waals surface area contributed by atoms with Crippen molar-refractivity contribution >= 4 is 51.3 Å². The summed E-state index contributed by atoms with van der Waals surface area (Å²) >= 11 is 13.0. The molecule has 0 aliphatic carbocycles. The van der Waals surface area contributed by atoms with E-state index in [1.165, 1.54) is 11.3 Å². The fourth-order valence-corrected chi connectivity index (χ4v) is 2.07. The second kappa shape index (κ2) is 4.91. The second-order valence-corrected chi connectivity index (χ2v) is 4.80. The summed E-state index contributed by atoms with van der Waals surface area (Å²) in [5.74, 6) is -0.373. The Hall–Kier alpha value is -1.30. The highest BCUT2D eigenvalue weighted by atomic mass is 35.5. The number of nitrogen functional groups attached to an aromatic ring is 1. The van der Waals surface area contributed by atoms with Crippen molar-refractivity contribution in [3.63, 3.8) is 0 Å². The Kier molecular flexibility index (Phi) is 3.51. The largest absolute Gasteiger partial charge is 0.375 e. The summed E-state index contributed by atoms with van der Waals surface area (Å²) in [4.78, 5) is 15.6. The highest BCUT2D eigenvalue weighted by molar-refractivity contribution is 7.13. The topological polar surface area (TPSA) is 68.0 Å². The fourth-order valence-electron chi connectivity index (χ4n) is 1.18. The monoisotopic (exact) mass is 287 g/mol. The minimum atomic E-state index is -0.373. The summed E-state index contributed by atoms with van der Waals surface area (Å²) in [5, 5.41) is 5.20. The quantitative estimate of drug-likeness (QED) is 0.891. The minimum absolute atomic E-state index is 0.253. The van der Waals surface area contributed by atoms with Gasteiger partial charge in [-0.25, -0.2) is 4.98 Å². The van der Waals surface area contributed by atoms with E-state index in [9.17, 15) is 4.79 Å². The molecule has 2 rings (SSSR count). The molecular formula is C10H7Cl2N3OS. The van der Waals surface area contributed by atoms with Gasteiger partial charge in [0.2, 0.25) is 0 Å². The van der Waals surface area contributed by atoms with Gasteiger partial charge in [0.15, 0.2) is 5.13 Å². The van der Waals surface area contributed by atoms with Crippen LogP contribution in [0.2, 0.25) is 10.0 Å². The lowest BCUT2D eigenvalue weighted by atomic mass is 10.3. The number of hydrogen-bond acceptors (Lipinski definition) is 4. The van der Waals surface area contributed by atoms with Crippen LogP contribution in [0.4, 0.5) is 10.8 Å². The van der Waals surface area contributed by atoms with Gasteiger partial charge in [-0.2, -0.15) is 0 Å². The van der Waals surface area contributed by atoms with Crippen LogP contribution in [0.3, 0.4) is 0 Å². The van der Waals surface area contributed by atoms with Crippen LogP contribution in [0, 0.1) is 0 Å². The Labute approximate surface area is 111 Å². The summed E-state index contributed by atoms with van der Waals surface area (Å²) in [6.07, 6.45) is 0. The molecule has 0 unspecified atom stereocenters. The van der Waals surface area contributed by atoms with Crippen LogP contribution in [-0.4, -0.2) is 10.9 Å². The van der Waals surface area contributed by atoms with Crippen LogP contribution >= 0.6 is 34.5 Å². The predicted molar refractivity (Wildman–Crippen MR) is 70.9 cm³/mol. The van der Waals surface area contributed by atoms with Crippen molar-refractivity contribution in [1.29, 1.82) is 0 Å². The molecule has 88 valence electrons. The Bertz CT molecular complexity index is 570. The number of carbonyl (C=O) groups is 1. The number of rotatable bonds is 2. The van der Waals surface area contributed by atoms with Gasteiger partial charge in [-0.05, 0) is 12.1 Å². The number of amides is 1. The van der Waals surface area contributed by atoms with E-state index in [0.717, 1.165) is 0 Å². The molecule has 0 atom stereocenters. The van der Waals surface area contributed by atoms with Gasteiger partial charge < -0.3 is 11.1 Å². The number of nitrogens with zero attached hydrogens (tertiary/aromatic N) is 1. The van der Waals surface area contributed by atoms with E-state index in [-0.39, 0.29) is 11.6 Å². The second-order valence-electron chi connectivity index (χ2n) is 3.13. The first-order chi connectivity index (χ1) is 8.08. The van der Waals surface area contributed by atoms with Crippen LogP contribution < -0.4 is 11.1 Å². The number of hydrogen-bond donors (Lipinski definition) is 2. The number of nitrogens with two attached hydrogens (primary N) is 1. The molecule has 0 spiro atoms. The molecule has 0 radical (unpaired) electrons. The number of aromatic nitrogens is 1. The summed E-state index contributed by atoms with van der Waals surface area (Å²) in [5.41, 5.74) is 6.14. The third kappa shape index (κ3) is 2.69. The molecule has 1 aromatic carbocycles. The molecule has 2 aromatic rings. The zero-order valence-electron chi connectivity index (χ0n) is 8.41. The highest BCUT2D eigenvalue weighted by Gasteiger charge is 2.12. The van der Waals surface area contributed by atoms with Crippen LogP contribution in [0.5, 0.6) is 0 Å². The molecule has 0 bridgehead atoms. The van der Waals surface area contributed by atoms with Crippen molar-refractivity contribution in [2.24, 2.45) is 0 Å². The summed E-state index contributed by atoms with van der Waals surface area (Å²) < 4.78 is 0. The zero-order chi connectivity index (χ0) is 12.4. The Morgan fingerprint density at radius 2 is 2.18 bits per heavy atom. The molecule has 0 saturated carbocycles. The Morgan fingerprint density at radius 3 is 2.82 bits per heavy atom. The van der Waals surface area contributed by atoms with E-state index in [1.807, 2.05) is 0 Å². The summed E-state index contributed by atoms with van der Waals surface area (Å²) in [7, 11) is 0. The number of carbonyl (C=O) groups excluding carboxylic acids is 1. The molecule has 4 nitrogen and oxygen atoms in total. The highest BCUT2D eigenvalue weighted by Crippen LogP contribution is 2.29. The van der Waals surface area contributed by atoms with Crippen LogP contribution in [0.15, 0.2) is 23.6 Å². The first-order valence-corrected chi connectivity index (χ1v) is 6.18. The molecule has 0 fully saturated rings. The van der Waals surface area contributed by atoms with E-state index in [0.29, 0.717) is 20.9 Å². The maximum Gasteiger partial charge on any atom is 0.275 e.